The molecule has 0 saturated carbocycles. The second-order valence-electron chi connectivity index (χ2n) is 5.25. The molecule has 1 amide bonds. The lowest BCUT2D eigenvalue weighted by molar-refractivity contribution is -0.129. The molecule has 1 aliphatic heterocycles. The highest BCUT2D eigenvalue weighted by Gasteiger charge is 2.13. The van der Waals surface area contributed by atoms with E-state index in [1.165, 1.54) is 44.9 Å². The minimum Gasteiger partial charge on any atom is -0.378 e. The summed E-state index contributed by atoms with van der Waals surface area (Å²) in [5.74, 6) is 0.145. The number of nitrogens with zero attached hydrogens (tertiary/aromatic N) is 1. The van der Waals surface area contributed by atoms with E-state index in [9.17, 15) is 4.79 Å². The zero-order valence-corrected chi connectivity index (χ0v) is 12.4. The number of hydrogen-bond donors (Lipinski definition) is 0. The van der Waals surface area contributed by atoms with Gasteiger partial charge >= 0.3 is 0 Å². The molecule has 1 fully saturated rings. The number of carbonyl (C=O) groups excluding carboxylic acids is 1. The first-order valence-corrected chi connectivity index (χ1v) is 7.87. The maximum atomic E-state index is 11.8. The molecule has 3 nitrogen and oxygen atoms in total. The summed E-state index contributed by atoms with van der Waals surface area (Å²) in [5, 5.41) is 0. The highest BCUT2D eigenvalue weighted by atomic mass is 16.5. The van der Waals surface area contributed by atoms with E-state index in [0.717, 1.165) is 19.5 Å². The molecule has 0 aromatic heterocycles. The summed E-state index contributed by atoms with van der Waals surface area (Å²) in [6.45, 7) is 5.08. The van der Waals surface area contributed by atoms with Gasteiger partial charge in [0.1, 0.15) is 0 Å². The molecule has 0 radical (unpaired) electrons. The van der Waals surface area contributed by atoms with Crippen LogP contribution in [0.4, 0.5) is 0 Å². The lowest BCUT2D eigenvalue weighted by Crippen LogP contribution is -2.39. The van der Waals surface area contributed by atoms with Crippen molar-refractivity contribution < 1.29 is 9.53 Å². The Bertz CT molecular complexity index is 257. The molecule has 3 heteroatoms. The fourth-order valence-electron chi connectivity index (χ4n) is 2.29. The Kier molecular flexibility index (Phi) is 9.42. The van der Waals surface area contributed by atoms with Crippen LogP contribution in [0.15, 0.2) is 12.2 Å². The summed E-state index contributed by atoms with van der Waals surface area (Å²) >= 11 is 0. The van der Waals surface area contributed by atoms with Crippen LogP contribution >= 0.6 is 0 Å². The number of ether oxygens (including phenoxy) is 1. The van der Waals surface area contributed by atoms with Crippen molar-refractivity contribution >= 4 is 5.91 Å². The summed E-state index contributed by atoms with van der Waals surface area (Å²) in [4.78, 5) is 13.7. The van der Waals surface area contributed by atoms with Gasteiger partial charge in [0.15, 0.2) is 0 Å². The molecule has 1 saturated heterocycles. The number of carbonyl (C=O) groups is 1. The van der Waals surface area contributed by atoms with Crippen LogP contribution in [0.2, 0.25) is 0 Å². The molecule has 19 heavy (non-hydrogen) atoms. The quantitative estimate of drug-likeness (QED) is 0.472. The minimum atomic E-state index is 0.145. The van der Waals surface area contributed by atoms with E-state index in [2.05, 4.69) is 6.92 Å². The van der Waals surface area contributed by atoms with Crippen LogP contribution in [0.5, 0.6) is 0 Å². The Morgan fingerprint density at radius 1 is 1.05 bits per heavy atom. The van der Waals surface area contributed by atoms with Crippen molar-refractivity contribution in [1.29, 1.82) is 0 Å². The molecule has 110 valence electrons. The van der Waals surface area contributed by atoms with E-state index >= 15 is 0 Å². The molecule has 0 N–H and O–H groups in total. The number of allylic oxidation sites excluding steroid dienone is 1. The Morgan fingerprint density at radius 2 is 1.68 bits per heavy atom. The average molecular weight is 267 g/mol. The van der Waals surface area contributed by atoms with Gasteiger partial charge < -0.3 is 9.64 Å². The number of rotatable bonds is 9. The van der Waals surface area contributed by atoms with Gasteiger partial charge in [-0.05, 0) is 18.9 Å². The molecule has 0 aromatic rings. The van der Waals surface area contributed by atoms with Gasteiger partial charge in [-0.2, -0.15) is 0 Å². The van der Waals surface area contributed by atoms with E-state index < -0.39 is 0 Å². The highest BCUT2D eigenvalue weighted by Crippen LogP contribution is 2.08. The molecule has 1 rings (SSSR count). The summed E-state index contributed by atoms with van der Waals surface area (Å²) in [6.07, 6.45) is 14.1. The van der Waals surface area contributed by atoms with E-state index in [1.54, 1.807) is 6.08 Å². The number of unbranched alkanes of at least 4 members (excludes halogenated alkanes) is 7. The summed E-state index contributed by atoms with van der Waals surface area (Å²) in [7, 11) is 0. The zero-order chi connectivity index (χ0) is 13.8. The topological polar surface area (TPSA) is 29.5 Å². The van der Waals surface area contributed by atoms with Crippen LogP contribution < -0.4 is 0 Å². The van der Waals surface area contributed by atoms with Gasteiger partial charge in [0.2, 0.25) is 5.91 Å². The van der Waals surface area contributed by atoms with Crippen LogP contribution in [0, 0.1) is 0 Å². The third kappa shape index (κ3) is 8.04. The predicted octanol–water partition coefficient (Wildman–Crippen LogP) is 3.54. The van der Waals surface area contributed by atoms with Crippen LogP contribution in [-0.2, 0) is 9.53 Å². The molecular formula is C16H29NO2. The molecule has 0 bridgehead atoms. The van der Waals surface area contributed by atoms with Crippen molar-refractivity contribution in [2.45, 2.75) is 58.3 Å². The number of morpholine rings is 1. The van der Waals surface area contributed by atoms with Gasteiger partial charge in [-0.15, -0.1) is 0 Å². The van der Waals surface area contributed by atoms with E-state index in [4.69, 9.17) is 4.74 Å². The van der Waals surface area contributed by atoms with Crippen molar-refractivity contribution in [2.24, 2.45) is 0 Å². The van der Waals surface area contributed by atoms with Crippen molar-refractivity contribution in [2.75, 3.05) is 26.3 Å². The fraction of sp³-hybridized carbons (Fsp3) is 0.812. The largest absolute Gasteiger partial charge is 0.378 e. The Hall–Kier alpha value is -0.830. The van der Waals surface area contributed by atoms with Crippen molar-refractivity contribution in [3.63, 3.8) is 0 Å². The maximum absolute atomic E-state index is 11.8. The standard InChI is InChI=1S/C16H29NO2/c1-2-3-4-5-6-7-8-9-10-11-16(18)17-12-14-19-15-13-17/h10-11H,2-9,12-15H2,1H3/b11-10-. The molecule has 0 atom stereocenters. The van der Waals surface area contributed by atoms with Crippen LogP contribution in [-0.4, -0.2) is 37.1 Å². The number of hydrogen-bond acceptors (Lipinski definition) is 2. The normalized spacial score (nSPS) is 16.2. The van der Waals surface area contributed by atoms with Gasteiger partial charge in [-0.1, -0.05) is 51.5 Å². The number of amides is 1. The van der Waals surface area contributed by atoms with Gasteiger partial charge in [0.25, 0.3) is 0 Å². The van der Waals surface area contributed by atoms with Crippen molar-refractivity contribution in [3.8, 4) is 0 Å². The van der Waals surface area contributed by atoms with Crippen LogP contribution in [0.1, 0.15) is 58.3 Å². The van der Waals surface area contributed by atoms with E-state index in [-0.39, 0.29) is 5.91 Å². The first-order chi connectivity index (χ1) is 9.34. The van der Waals surface area contributed by atoms with Crippen LogP contribution in [0.3, 0.4) is 0 Å². The van der Waals surface area contributed by atoms with Crippen molar-refractivity contribution in [1.82, 2.24) is 4.90 Å². The molecule has 0 spiro atoms. The molecular weight excluding hydrogens is 238 g/mol. The van der Waals surface area contributed by atoms with E-state index in [1.807, 2.05) is 11.0 Å². The molecule has 1 aliphatic rings. The van der Waals surface area contributed by atoms with Crippen LogP contribution in [0.25, 0.3) is 0 Å². The lowest BCUT2D eigenvalue weighted by Gasteiger charge is -2.25. The smallest absolute Gasteiger partial charge is 0.246 e. The van der Waals surface area contributed by atoms with Gasteiger partial charge in [0.05, 0.1) is 13.2 Å². The molecule has 0 aromatic carbocycles. The monoisotopic (exact) mass is 267 g/mol. The third-order valence-electron chi connectivity index (χ3n) is 3.56. The van der Waals surface area contributed by atoms with Gasteiger partial charge in [-0.3, -0.25) is 4.79 Å². The average Bonchev–Trinajstić information content (AvgIpc) is 2.46. The van der Waals surface area contributed by atoms with Gasteiger partial charge in [-0.25, -0.2) is 0 Å². The third-order valence-corrected chi connectivity index (χ3v) is 3.56. The highest BCUT2D eigenvalue weighted by molar-refractivity contribution is 5.87. The Labute approximate surface area is 118 Å². The summed E-state index contributed by atoms with van der Waals surface area (Å²) in [6, 6.07) is 0. The first kappa shape index (κ1) is 16.2. The predicted molar refractivity (Wildman–Crippen MR) is 79.1 cm³/mol. The van der Waals surface area contributed by atoms with Gasteiger partial charge in [0, 0.05) is 13.1 Å². The molecule has 0 unspecified atom stereocenters. The Morgan fingerprint density at radius 3 is 2.37 bits per heavy atom. The SMILES string of the molecule is CCCCCCCCC/C=C\C(=O)N1CCOCC1. The van der Waals surface area contributed by atoms with Crippen molar-refractivity contribution in [3.05, 3.63) is 12.2 Å². The summed E-state index contributed by atoms with van der Waals surface area (Å²) in [5.41, 5.74) is 0. The molecule has 0 aliphatic carbocycles. The first-order valence-electron chi connectivity index (χ1n) is 7.87. The minimum absolute atomic E-state index is 0.145. The second kappa shape index (κ2) is 11.0. The Balaban J connectivity index is 1.95. The second-order valence-corrected chi connectivity index (χ2v) is 5.25. The summed E-state index contributed by atoms with van der Waals surface area (Å²) < 4.78 is 5.23. The fourth-order valence-corrected chi connectivity index (χ4v) is 2.29. The molecule has 1 heterocycles. The zero-order valence-electron chi connectivity index (χ0n) is 12.4. The van der Waals surface area contributed by atoms with E-state index in [0.29, 0.717) is 13.2 Å². The lowest BCUT2D eigenvalue weighted by atomic mass is 10.1. The maximum Gasteiger partial charge on any atom is 0.246 e.